The normalized spacial score (nSPS) is 10.1. The van der Waals surface area contributed by atoms with Gasteiger partial charge in [0.2, 0.25) is 0 Å². The Labute approximate surface area is 114 Å². The molecule has 0 saturated heterocycles. The summed E-state index contributed by atoms with van der Waals surface area (Å²) in [5.41, 5.74) is 1.19. The highest BCUT2D eigenvalue weighted by Gasteiger charge is 2.09. The minimum absolute atomic E-state index is 0.151. The first-order valence-electron chi connectivity index (χ1n) is 5.79. The number of amides is 2. The highest BCUT2D eigenvalue weighted by Crippen LogP contribution is 2.15. The molecule has 8 heteroatoms. The predicted octanol–water partition coefficient (Wildman–Crippen LogP) is 1.13. The van der Waals surface area contributed by atoms with Gasteiger partial charge >= 0.3 is 12.0 Å². The Balaban J connectivity index is 1.97. The second kappa shape index (κ2) is 5.83. The van der Waals surface area contributed by atoms with Gasteiger partial charge in [0.25, 0.3) is 0 Å². The number of nitrogens with one attached hydrogen (secondary N) is 3. The van der Waals surface area contributed by atoms with E-state index < -0.39 is 12.0 Å². The van der Waals surface area contributed by atoms with Crippen LogP contribution in [0.15, 0.2) is 24.5 Å². The van der Waals surface area contributed by atoms with Crippen molar-refractivity contribution in [1.82, 2.24) is 20.5 Å². The summed E-state index contributed by atoms with van der Waals surface area (Å²) in [6, 6.07) is 4.22. The number of hydrogen-bond donors (Lipinski definition) is 4. The highest BCUT2D eigenvalue weighted by molar-refractivity contribution is 5.94. The van der Waals surface area contributed by atoms with Gasteiger partial charge < -0.3 is 15.7 Å². The number of benzene rings is 1. The molecule has 0 spiro atoms. The van der Waals surface area contributed by atoms with Crippen molar-refractivity contribution in [2.24, 2.45) is 0 Å². The molecule has 2 aromatic rings. The Bertz CT molecular complexity index is 624. The van der Waals surface area contributed by atoms with Gasteiger partial charge in [0.15, 0.2) is 0 Å². The second-order valence-corrected chi connectivity index (χ2v) is 4.07. The Kier molecular flexibility index (Phi) is 3.94. The molecule has 8 nitrogen and oxygen atoms in total. The van der Waals surface area contributed by atoms with Crippen LogP contribution in [0.4, 0.5) is 10.5 Å². The van der Waals surface area contributed by atoms with Crippen molar-refractivity contribution in [3.05, 3.63) is 41.5 Å². The SMILES string of the molecule is Cc1ccc(NC(=O)NCc2ncn[nH]2)cc1C(=O)O. The fourth-order valence-electron chi connectivity index (χ4n) is 1.59. The van der Waals surface area contributed by atoms with E-state index in [4.69, 9.17) is 5.11 Å². The van der Waals surface area contributed by atoms with E-state index in [1.54, 1.807) is 19.1 Å². The Hall–Kier alpha value is -2.90. The molecular weight excluding hydrogens is 262 g/mol. The fraction of sp³-hybridized carbons (Fsp3) is 0.167. The van der Waals surface area contributed by atoms with Crippen molar-refractivity contribution in [2.75, 3.05) is 5.32 Å². The number of H-pyrrole nitrogens is 1. The minimum atomic E-state index is -1.03. The lowest BCUT2D eigenvalue weighted by atomic mass is 10.1. The molecule has 0 bridgehead atoms. The molecule has 2 rings (SSSR count). The number of aromatic carboxylic acids is 1. The predicted molar refractivity (Wildman–Crippen MR) is 70.4 cm³/mol. The van der Waals surface area contributed by atoms with Crippen LogP contribution in [0.3, 0.4) is 0 Å². The molecule has 0 radical (unpaired) electrons. The summed E-state index contributed by atoms with van der Waals surface area (Å²) in [5.74, 6) is -0.511. The molecule has 0 saturated carbocycles. The van der Waals surface area contributed by atoms with E-state index in [0.717, 1.165) is 0 Å². The van der Waals surface area contributed by atoms with Gasteiger partial charge in [-0.3, -0.25) is 5.10 Å². The number of rotatable bonds is 4. The zero-order valence-electron chi connectivity index (χ0n) is 10.7. The molecule has 104 valence electrons. The monoisotopic (exact) mass is 275 g/mol. The van der Waals surface area contributed by atoms with Gasteiger partial charge in [0.1, 0.15) is 12.2 Å². The summed E-state index contributed by atoms with van der Waals surface area (Å²) in [6.45, 7) is 1.89. The summed E-state index contributed by atoms with van der Waals surface area (Å²) in [4.78, 5) is 26.5. The maximum atomic E-state index is 11.6. The molecule has 20 heavy (non-hydrogen) atoms. The number of carboxylic acids is 1. The summed E-state index contributed by atoms with van der Waals surface area (Å²) in [7, 11) is 0. The fourth-order valence-corrected chi connectivity index (χ4v) is 1.59. The molecular formula is C12H13N5O3. The molecule has 1 aromatic heterocycles. The van der Waals surface area contributed by atoms with Crippen LogP contribution in [0, 0.1) is 6.92 Å². The van der Waals surface area contributed by atoms with Crippen LogP contribution in [-0.2, 0) is 6.54 Å². The highest BCUT2D eigenvalue weighted by atomic mass is 16.4. The molecule has 0 unspecified atom stereocenters. The van der Waals surface area contributed by atoms with Crippen LogP contribution in [0.5, 0.6) is 0 Å². The molecule has 0 aliphatic heterocycles. The summed E-state index contributed by atoms with van der Waals surface area (Å²) < 4.78 is 0. The number of aromatic nitrogens is 3. The first-order chi connectivity index (χ1) is 9.56. The maximum Gasteiger partial charge on any atom is 0.336 e. The first kappa shape index (κ1) is 13.5. The van der Waals surface area contributed by atoms with E-state index in [0.29, 0.717) is 17.1 Å². The van der Waals surface area contributed by atoms with Crippen LogP contribution < -0.4 is 10.6 Å². The van der Waals surface area contributed by atoms with Gasteiger partial charge in [-0.15, -0.1) is 0 Å². The zero-order chi connectivity index (χ0) is 14.5. The standard InChI is InChI=1S/C12H13N5O3/c1-7-2-3-8(4-9(7)11(18)19)16-12(20)13-5-10-14-6-15-17-10/h2-4,6H,5H2,1H3,(H,18,19)(H2,13,16,20)(H,14,15,17). The smallest absolute Gasteiger partial charge is 0.336 e. The van der Waals surface area contributed by atoms with Gasteiger partial charge in [0.05, 0.1) is 12.1 Å². The largest absolute Gasteiger partial charge is 0.478 e. The number of carboxylic acid groups (broad SMARTS) is 1. The van der Waals surface area contributed by atoms with Gasteiger partial charge in [-0.05, 0) is 24.6 Å². The number of hydrogen-bond acceptors (Lipinski definition) is 4. The number of nitrogens with zero attached hydrogens (tertiary/aromatic N) is 2. The third kappa shape index (κ3) is 3.31. The average Bonchev–Trinajstić information content (AvgIpc) is 2.91. The molecule has 2 amide bonds. The Morgan fingerprint density at radius 2 is 2.20 bits per heavy atom. The molecule has 0 aliphatic carbocycles. The molecule has 4 N–H and O–H groups in total. The van der Waals surface area contributed by atoms with Gasteiger partial charge in [-0.1, -0.05) is 6.07 Å². The quantitative estimate of drug-likeness (QED) is 0.666. The second-order valence-electron chi connectivity index (χ2n) is 4.07. The Morgan fingerprint density at radius 3 is 2.85 bits per heavy atom. The topological polar surface area (TPSA) is 120 Å². The van der Waals surface area contributed by atoms with E-state index in [-0.39, 0.29) is 12.1 Å². The molecule has 0 aliphatic rings. The van der Waals surface area contributed by atoms with Crippen LogP contribution in [0.2, 0.25) is 0 Å². The summed E-state index contributed by atoms with van der Waals surface area (Å²) in [6.07, 6.45) is 1.34. The third-order valence-electron chi connectivity index (χ3n) is 2.61. The zero-order valence-corrected chi connectivity index (χ0v) is 10.7. The number of carbonyl (C=O) groups excluding carboxylic acids is 1. The number of urea groups is 1. The summed E-state index contributed by atoms with van der Waals surface area (Å²) >= 11 is 0. The lowest BCUT2D eigenvalue weighted by Gasteiger charge is -2.08. The van der Waals surface area contributed by atoms with Crippen molar-refractivity contribution in [1.29, 1.82) is 0 Å². The average molecular weight is 275 g/mol. The van der Waals surface area contributed by atoms with Gasteiger partial charge in [-0.25, -0.2) is 14.6 Å². The van der Waals surface area contributed by atoms with Gasteiger partial charge in [0, 0.05) is 5.69 Å². The van der Waals surface area contributed by atoms with Crippen molar-refractivity contribution in [2.45, 2.75) is 13.5 Å². The first-order valence-corrected chi connectivity index (χ1v) is 5.79. The van der Waals surface area contributed by atoms with E-state index in [2.05, 4.69) is 25.8 Å². The van der Waals surface area contributed by atoms with E-state index >= 15 is 0 Å². The molecule has 1 aromatic carbocycles. The van der Waals surface area contributed by atoms with Crippen molar-refractivity contribution in [3.8, 4) is 0 Å². The van der Waals surface area contributed by atoms with Crippen LogP contribution >= 0.6 is 0 Å². The molecule has 1 heterocycles. The Morgan fingerprint density at radius 1 is 1.40 bits per heavy atom. The lowest BCUT2D eigenvalue weighted by molar-refractivity contribution is 0.0696. The van der Waals surface area contributed by atoms with Crippen molar-refractivity contribution < 1.29 is 14.7 Å². The van der Waals surface area contributed by atoms with Gasteiger partial charge in [-0.2, -0.15) is 5.10 Å². The molecule has 0 atom stereocenters. The van der Waals surface area contributed by atoms with E-state index in [9.17, 15) is 9.59 Å². The molecule has 0 fully saturated rings. The van der Waals surface area contributed by atoms with Crippen molar-refractivity contribution in [3.63, 3.8) is 0 Å². The van der Waals surface area contributed by atoms with E-state index in [1.807, 2.05) is 0 Å². The maximum absolute atomic E-state index is 11.6. The lowest BCUT2D eigenvalue weighted by Crippen LogP contribution is -2.28. The van der Waals surface area contributed by atoms with E-state index in [1.165, 1.54) is 12.4 Å². The third-order valence-corrected chi connectivity index (χ3v) is 2.61. The number of aryl methyl sites for hydroxylation is 1. The van der Waals surface area contributed by atoms with Crippen molar-refractivity contribution >= 4 is 17.7 Å². The number of anilines is 1. The minimum Gasteiger partial charge on any atom is -0.478 e. The van der Waals surface area contributed by atoms with Crippen LogP contribution in [0.1, 0.15) is 21.7 Å². The summed E-state index contributed by atoms with van der Waals surface area (Å²) in [5, 5.41) is 20.4. The number of carbonyl (C=O) groups is 2. The van der Waals surface area contributed by atoms with Crippen LogP contribution in [-0.4, -0.2) is 32.3 Å². The van der Waals surface area contributed by atoms with Crippen LogP contribution in [0.25, 0.3) is 0 Å². The number of aromatic amines is 1.